The lowest BCUT2D eigenvalue weighted by Gasteiger charge is -2.09. The van der Waals surface area contributed by atoms with Crippen LogP contribution in [0.4, 0.5) is 0 Å². The van der Waals surface area contributed by atoms with Gasteiger partial charge in [0.25, 0.3) is 5.91 Å². The molecule has 0 aliphatic rings. The molecule has 0 atom stereocenters. The highest BCUT2D eigenvalue weighted by Gasteiger charge is 2.13. The molecule has 2 heterocycles. The molecule has 1 amide bonds. The van der Waals surface area contributed by atoms with Crippen LogP contribution in [-0.2, 0) is 0 Å². The largest absolute Gasteiger partial charge is 0.493 e. The number of para-hydroxylation sites is 1. The van der Waals surface area contributed by atoms with Crippen molar-refractivity contribution in [3.8, 4) is 17.0 Å². The Hall–Kier alpha value is -3.35. The number of unbranched alkanes of at least 4 members (excludes halogenated alkanes) is 1. The standard InChI is InChI=1S/C19H20N4O3/c1-2-3-10-26-18-9-5-4-8-15(18)16-12-17(22-21-16)19(24)23-20-13-14-7-6-11-25-14/h4-9,11-13H,2-3,10H2,1H3,(H,21,22)(H,23,24). The summed E-state index contributed by atoms with van der Waals surface area (Å²) in [6.07, 6.45) is 5.00. The van der Waals surface area contributed by atoms with E-state index in [1.165, 1.54) is 12.5 Å². The number of benzene rings is 1. The highest BCUT2D eigenvalue weighted by Crippen LogP contribution is 2.28. The Bertz CT molecular complexity index is 869. The van der Waals surface area contributed by atoms with Gasteiger partial charge < -0.3 is 9.15 Å². The van der Waals surface area contributed by atoms with Crippen LogP contribution in [0.15, 0.2) is 58.2 Å². The summed E-state index contributed by atoms with van der Waals surface area (Å²) in [6.45, 7) is 2.76. The van der Waals surface area contributed by atoms with Gasteiger partial charge in [0.1, 0.15) is 17.2 Å². The zero-order valence-electron chi connectivity index (χ0n) is 14.4. The fraction of sp³-hybridized carbons (Fsp3) is 0.211. The van der Waals surface area contributed by atoms with Crippen LogP contribution in [0, 0.1) is 0 Å². The Balaban J connectivity index is 1.68. The number of ether oxygens (including phenoxy) is 1. The second-order valence-corrected chi connectivity index (χ2v) is 5.58. The van der Waals surface area contributed by atoms with Gasteiger partial charge in [0.2, 0.25) is 0 Å². The predicted octanol–water partition coefficient (Wildman–Crippen LogP) is 3.61. The van der Waals surface area contributed by atoms with E-state index in [2.05, 4.69) is 27.6 Å². The zero-order chi connectivity index (χ0) is 18.2. The third-order valence-corrected chi connectivity index (χ3v) is 3.64. The molecule has 7 nitrogen and oxygen atoms in total. The fourth-order valence-corrected chi connectivity index (χ4v) is 2.29. The number of nitrogens with one attached hydrogen (secondary N) is 2. The molecule has 0 fully saturated rings. The van der Waals surface area contributed by atoms with Crippen molar-refractivity contribution < 1.29 is 13.9 Å². The quantitative estimate of drug-likeness (QED) is 0.368. The van der Waals surface area contributed by atoms with Crippen molar-refractivity contribution in [2.75, 3.05) is 6.61 Å². The lowest BCUT2D eigenvalue weighted by molar-refractivity contribution is 0.0950. The predicted molar refractivity (Wildman–Crippen MR) is 98.2 cm³/mol. The lowest BCUT2D eigenvalue weighted by atomic mass is 10.1. The number of hydrazone groups is 1. The average Bonchev–Trinajstić information content (AvgIpc) is 3.34. The zero-order valence-corrected chi connectivity index (χ0v) is 14.4. The summed E-state index contributed by atoms with van der Waals surface area (Å²) in [7, 11) is 0. The first kappa shape index (κ1) is 17.5. The van der Waals surface area contributed by atoms with Crippen LogP contribution in [0.5, 0.6) is 5.75 Å². The third kappa shape index (κ3) is 4.38. The highest BCUT2D eigenvalue weighted by molar-refractivity contribution is 5.94. The number of carbonyl (C=O) groups is 1. The summed E-state index contributed by atoms with van der Waals surface area (Å²) in [5.74, 6) is 0.903. The minimum atomic E-state index is -0.393. The van der Waals surface area contributed by atoms with E-state index in [0.717, 1.165) is 24.2 Å². The number of amides is 1. The Morgan fingerprint density at radius 1 is 1.35 bits per heavy atom. The van der Waals surface area contributed by atoms with E-state index in [9.17, 15) is 4.79 Å². The normalized spacial score (nSPS) is 11.0. The molecule has 2 aromatic heterocycles. The molecule has 0 radical (unpaired) electrons. The Labute approximate surface area is 151 Å². The molecule has 26 heavy (non-hydrogen) atoms. The molecule has 0 aliphatic carbocycles. The fourth-order valence-electron chi connectivity index (χ4n) is 2.29. The van der Waals surface area contributed by atoms with Crippen LogP contribution < -0.4 is 10.2 Å². The van der Waals surface area contributed by atoms with Crippen LogP contribution in [0.25, 0.3) is 11.3 Å². The van der Waals surface area contributed by atoms with Gasteiger partial charge in [-0.1, -0.05) is 25.5 Å². The van der Waals surface area contributed by atoms with Gasteiger partial charge in [-0.3, -0.25) is 9.89 Å². The number of aromatic amines is 1. The first-order valence-corrected chi connectivity index (χ1v) is 8.42. The SMILES string of the molecule is CCCCOc1ccccc1-c1cc(C(=O)NN=Cc2ccco2)[nH]n1. The molecule has 134 valence electrons. The molecule has 7 heteroatoms. The summed E-state index contributed by atoms with van der Waals surface area (Å²) >= 11 is 0. The van der Waals surface area contributed by atoms with Gasteiger partial charge in [-0.25, -0.2) is 5.43 Å². The Kier molecular flexibility index (Phi) is 5.82. The highest BCUT2D eigenvalue weighted by atomic mass is 16.5. The smallest absolute Gasteiger partial charge is 0.289 e. The van der Waals surface area contributed by atoms with Crippen molar-refractivity contribution in [3.05, 3.63) is 60.2 Å². The van der Waals surface area contributed by atoms with E-state index in [0.29, 0.717) is 23.8 Å². The first-order valence-electron chi connectivity index (χ1n) is 8.42. The van der Waals surface area contributed by atoms with Crippen LogP contribution in [0.2, 0.25) is 0 Å². The summed E-state index contributed by atoms with van der Waals surface area (Å²) < 4.78 is 10.9. The second-order valence-electron chi connectivity index (χ2n) is 5.58. The molecule has 2 N–H and O–H groups in total. The van der Waals surface area contributed by atoms with Gasteiger partial charge in [0.15, 0.2) is 0 Å². The average molecular weight is 352 g/mol. The molecule has 0 bridgehead atoms. The van der Waals surface area contributed by atoms with Gasteiger partial charge in [0.05, 0.1) is 24.8 Å². The maximum Gasteiger partial charge on any atom is 0.289 e. The number of H-pyrrole nitrogens is 1. The van der Waals surface area contributed by atoms with Crippen LogP contribution in [-0.4, -0.2) is 28.9 Å². The van der Waals surface area contributed by atoms with Crippen molar-refractivity contribution in [3.63, 3.8) is 0 Å². The van der Waals surface area contributed by atoms with E-state index in [1.54, 1.807) is 18.2 Å². The van der Waals surface area contributed by atoms with Gasteiger partial charge in [-0.2, -0.15) is 10.2 Å². The van der Waals surface area contributed by atoms with E-state index < -0.39 is 5.91 Å². The van der Waals surface area contributed by atoms with E-state index in [1.807, 2.05) is 24.3 Å². The molecule has 0 aliphatic heterocycles. The monoisotopic (exact) mass is 352 g/mol. The van der Waals surface area contributed by atoms with Crippen molar-refractivity contribution >= 4 is 12.1 Å². The number of aromatic nitrogens is 2. The summed E-state index contributed by atoms with van der Waals surface area (Å²) in [5, 5.41) is 10.8. The summed E-state index contributed by atoms with van der Waals surface area (Å²) in [6, 6.07) is 12.8. The molecule has 3 rings (SSSR count). The molecular formula is C19H20N4O3. The molecule has 0 saturated heterocycles. The van der Waals surface area contributed by atoms with Crippen molar-refractivity contribution in [1.29, 1.82) is 0 Å². The van der Waals surface area contributed by atoms with Crippen molar-refractivity contribution in [1.82, 2.24) is 15.6 Å². The number of furan rings is 1. The number of hydrogen-bond acceptors (Lipinski definition) is 5. The lowest BCUT2D eigenvalue weighted by Crippen LogP contribution is -2.17. The molecule has 0 spiro atoms. The second kappa shape index (κ2) is 8.66. The van der Waals surface area contributed by atoms with Gasteiger partial charge in [-0.05, 0) is 36.8 Å². The topological polar surface area (TPSA) is 92.5 Å². The summed E-state index contributed by atoms with van der Waals surface area (Å²) in [5.41, 5.74) is 4.20. The van der Waals surface area contributed by atoms with Crippen LogP contribution in [0.1, 0.15) is 36.0 Å². The molecule has 0 unspecified atom stereocenters. The maximum atomic E-state index is 12.2. The Morgan fingerprint density at radius 2 is 2.23 bits per heavy atom. The summed E-state index contributed by atoms with van der Waals surface area (Å²) in [4.78, 5) is 12.2. The van der Waals surface area contributed by atoms with Crippen molar-refractivity contribution in [2.45, 2.75) is 19.8 Å². The number of carbonyl (C=O) groups excluding carboxylic acids is 1. The Morgan fingerprint density at radius 3 is 3.04 bits per heavy atom. The third-order valence-electron chi connectivity index (χ3n) is 3.64. The molecular weight excluding hydrogens is 332 g/mol. The number of hydrogen-bond donors (Lipinski definition) is 2. The van der Waals surface area contributed by atoms with Gasteiger partial charge in [-0.15, -0.1) is 0 Å². The molecule has 0 saturated carbocycles. The van der Waals surface area contributed by atoms with E-state index >= 15 is 0 Å². The van der Waals surface area contributed by atoms with E-state index in [-0.39, 0.29) is 0 Å². The number of rotatable bonds is 8. The first-order chi connectivity index (χ1) is 12.8. The van der Waals surface area contributed by atoms with E-state index in [4.69, 9.17) is 9.15 Å². The minimum absolute atomic E-state index is 0.306. The molecule has 1 aromatic carbocycles. The van der Waals surface area contributed by atoms with Crippen LogP contribution in [0.3, 0.4) is 0 Å². The number of nitrogens with zero attached hydrogens (tertiary/aromatic N) is 2. The minimum Gasteiger partial charge on any atom is -0.493 e. The van der Waals surface area contributed by atoms with Crippen molar-refractivity contribution in [2.24, 2.45) is 5.10 Å². The maximum absolute atomic E-state index is 12.2. The van der Waals surface area contributed by atoms with Crippen LogP contribution >= 0.6 is 0 Å². The van der Waals surface area contributed by atoms with Gasteiger partial charge >= 0.3 is 0 Å². The van der Waals surface area contributed by atoms with Gasteiger partial charge in [0, 0.05) is 5.56 Å². The molecule has 3 aromatic rings.